The number of amides is 2. The molecular formula is C18H24FN3O5. The number of benzene rings is 1. The Labute approximate surface area is 157 Å². The number of hydrogen-bond donors (Lipinski definition) is 2. The maximum absolute atomic E-state index is 14.3. The number of cyclic esters (lactones) is 1. The Hall–Kier alpha value is -2.84. The van der Waals surface area contributed by atoms with Gasteiger partial charge in [-0.25, -0.2) is 9.18 Å². The summed E-state index contributed by atoms with van der Waals surface area (Å²) in [5.41, 5.74) is -0.178. The second-order valence-corrected chi connectivity index (χ2v) is 7.16. The summed E-state index contributed by atoms with van der Waals surface area (Å²) in [5.74, 6) is -1.35. The highest BCUT2D eigenvalue weighted by Crippen LogP contribution is 2.26. The summed E-state index contributed by atoms with van der Waals surface area (Å²) in [5, 5.41) is 5.25. The van der Waals surface area contributed by atoms with Crippen molar-refractivity contribution in [3.8, 4) is 0 Å². The molecule has 0 bridgehead atoms. The monoisotopic (exact) mass is 381 g/mol. The van der Waals surface area contributed by atoms with Crippen molar-refractivity contribution >= 4 is 29.3 Å². The third-order valence-electron chi connectivity index (χ3n) is 3.56. The maximum atomic E-state index is 14.3. The van der Waals surface area contributed by atoms with Gasteiger partial charge in [0.15, 0.2) is 0 Å². The van der Waals surface area contributed by atoms with Crippen LogP contribution in [-0.2, 0) is 19.1 Å². The van der Waals surface area contributed by atoms with Crippen LogP contribution in [0.15, 0.2) is 18.2 Å². The van der Waals surface area contributed by atoms with Crippen molar-refractivity contribution in [3.05, 3.63) is 24.0 Å². The van der Waals surface area contributed by atoms with Crippen LogP contribution in [-0.4, -0.2) is 49.3 Å². The van der Waals surface area contributed by atoms with Crippen LogP contribution in [0.3, 0.4) is 0 Å². The summed E-state index contributed by atoms with van der Waals surface area (Å²) >= 11 is 0. The molecule has 2 amide bonds. The van der Waals surface area contributed by atoms with Crippen molar-refractivity contribution in [2.45, 2.75) is 39.4 Å². The lowest BCUT2D eigenvalue weighted by Gasteiger charge is -2.20. The minimum Gasteiger partial charge on any atom is -0.459 e. The largest absolute Gasteiger partial charge is 0.459 e. The summed E-state index contributed by atoms with van der Waals surface area (Å²) in [4.78, 5) is 35.9. The van der Waals surface area contributed by atoms with Gasteiger partial charge in [-0.2, -0.15) is 0 Å². The number of hydrogen-bond acceptors (Lipinski definition) is 6. The number of esters is 1. The Morgan fingerprint density at radius 2 is 2.07 bits per heavy atom. The van der Waals surface area contributed by atoms with Gasteiger partial charge in [0.25, 0.3) is 0 Å². The van der Waals surface area contributed by atoms with Crippen LogP contribution in [0.2, 0.25) is 0 Å². The SMILES string of the molecule is CC(=O)NCC1CN(c2ccc(NCC(=O)OC(C)(C)C)c(F)c2)C(=O)O1. The number of carbonyl (C=O) groups excluding carboxylic acids is 3. The van der Waals surface area contributed by atoms with Crippen molar-refractivity contribution in [2.75, 3.05) is 29.9 Å². The van der Waals surface area contributed by atoms with Crippen LogP contribution in [0.4, 0.5) is 20.6 Å². The van der Waals surface area contributed by atoms with E-state index in [1.54, 1.807) is 26.8 Å². The fourth-order valence-corrected chi connectivity index (χ4v) is 2.46. The molecule has 1 aliphatic heterocycles. The zero-order valence-electron chi connectivity index (χ0n) is 15.8. The zero-order valence-corrected chi connectivity index (χ0v) is 15.8. The third kappa shape index (κ3) is 6.12. The van der Waals surface area contributed by atoms with E-state index in [4.69, 9.17) is 9.47 Å². The highest BCUT2D eigenvalue weighted by molar-refractivity contribution is 5.90. The van der Waals surface area contributed by atoms with Crippen molar-refractivity contribution < 1.29 is 28.2 Å². The molecule has 0 aromatic heterocycles. The summed E-state index contributed by atoms with van der Waals surface area (Å²) in [6, 6.07) is 4.16. The first kappa shape index (κ1) is 20.5. The van der Waals surface area contributed by atoms with Gasteiger partial charge in [0, 0.05) is 6.92 Å². The van der Waals surface area contributed by atoms with Crippen molar-refractivity contribution in [1.29, 1.82) is 0 Å². The second-order valence-electron chi connectivity index (χ2n) is 7.16. The fraction of sp³-hybridized carbons (Fsp3) is 0.500. The Morgan fingerprint density at radius 3 is 2.67 bits per heavy atom. The number of halogens is 1. The molecule has 1 heterocycles. The zero-order chi connectivity index (χ0) is 20.2. The number of carbonyl (C=O) groups is 3. The molecule has 1 unspecified atom stereocenters. The molecular weight excluding hydrogens is 357 g/mol. The van der Waals surface area contributed by atoms with E-state index in [0.29, 0.717) is 5.69 Å². The summed E-state index contributed by atoms with van der Waals surface area (Å²) in [6.07, 6.45) is -1.12. The number of ether oxygens (including phenoxy) is 2. The van der Waals surface area contributed by atoms with Crippen LogP contribution in [0, 0.1) is 5.82 Å². The fourth-order valence-electron chi connectivity index (χ4n) is 2.46. The quantitative estimate of drug-likeness (QED) is 0.732. The van der Waals surface area contributed by atoms with Gasteiger partial charge in [0.1, 0.15) is 24.1 Å². The van der Waals surface area contributed by atoms with E-state index in [1.807, 2.05) is 0 Å². The average molecular weight is 381 g/mol. The summed E-state index contributed by atoms with van der Waals surface area (Å²) in [6.45, 7) is 6.81. The van der Waals surface area contributed by atoms with Gasteiger partial charge >= 0.3 is 12.1 Å². The first-order chi connectivity index (χ1) is 12.5. The Kier molecular flexibility index (Phi) is 6.24. The molecule has 0 radical (unpaired) electrons. The smallest absolute Gasteiger partial charge is 0.414 e. The Balaban J connectivity index is 1.97. The molecule has 0 saturated carbocycles. The van der Waals surface area contributed by atoms with Crippen LogP contribution in [0.25, 0.3) is 0 Å². The van der Waals surface area contributed by atoms with Gasteiger partial charge < -0.3 is 20.1 Å². The van der Waals surface area contributed by atoms with Gasteiger partial charge in [-0.3, -0.25) is 14.5 Å². The normalized spacial score (nSPS) is 16.7. The lowest BCUT2D eigenvalue weighted by molar-refractivity contribution is -0.152. The molecule has 2 N–H and O–H groups in total. The summed E-state index contributed by atoms with van der Waals surface area (Å²) in [7, 11) is 0. The number of nitrogens with zero attached hydrogens (tertiary/aromatic N) is 1. The number of nitrogens with one attached hydrogen (secondary N) is 2. The molecule has 0 aliphatic carbocycles. The first-order valence-corrected chi connectivity index (χ1v) is 8.53. The van der Waals surface area contributed by atoms with Crippen LogP contribution in [0.1, 0.15) is 27.7 Å². The predicted octanol–water partition coefficient (Wildman–Crippen LogP) is 2.04. The third-order valence-corrected chi connectivity index (χ3v) is 3.56. The average Bonchev–Trinajstić information content (AvgIpc) is 2.91. The van der Waals surface area contributed by atoms with Gasteiger partial charge in [-0.15, -0.1) is 0 Å². The molecule has 0 spiro atoms. The van der Waals surface area contributed by atoms with Crippen LogP contribution in [0.5, 0.6) is 0 Å². The van der Waals surface area contributed by atoms with E-state index in [1.165, 1.54) is 24.0 Å². The van der Waals surface area contributed by atoms with Crippen LogP contribution >= 0.6 is 0 Å². The minimum absolute atomic E-state index is 0.118. The highest BCUT2D eigenvalue weighted by atomic mass is 19.1. The van der Waals surface area contributed by atoms with Crippen LogP contribution < -0.4 is 15.5 Å². The molecule has 27 heavy (non-hydrogen) atoms. The highest BCUT2D eigenvalue weighted by Gasteiger charge is 2.32. The van der Waals surface area contributed by atoms with Crippen molar-refractivity contribution in [2.24, 2.45) is 0 Å². The van der Waals surface area contributed by atoms with E-state index >= 15 is 0 Å². The molecule has 9 heteroatoms. The van der Waals surface area contributed by atoms with E-state index in [9.17, 15) is 18.8 Å². The van der Waals surface area contributed by atoms with Gasteiger partial charge in [0.2, 0.25) is 5.91 Å². The molecule has 1 aromatic carbocycles. The van der Waals surface area contributed by atoms with Gasteiger partial charge in [-0.1, -0.05) is 0 Å². The van der Waals surface area contributed by atoms with Gasteiger partial charge in [-0.05, 0) is 39.0 Å². The standard InChI is InChI=1S/C18H24FN3O5/c1-11(23)20-8-13-10-22(17(25)26-13)12-5-6-15(14(19)7-12)21-9-16(24)27-18(2,3)4/h5-7,13,21H,8-10H2,1-4H3,(H,20,23). The molecule has 1 aromatic rings. The Morgan fingerprint density at radius 1 is 1.37 bits per heavy atom. The Bertz CT molecular complexity index is 732. The van der Waals surface area contributed by atoms with Crippen molar-refractivity contribution in [3.63, 3.8) is 0 Å². The maximum Gasteiger partial charge on any atom is 0.414 e. The van der Waals surface area contributed by atoms with E-state index in [0.717, 1.165) is 0 Å². The minimum atomic E-state index is -0.620. The molecule has 1 fully saturated rings. The lowest BCUT2D eigenvalue weighted by atomic mass is 10.2. The number of anilines is 2. The summed E-state index contributed by atoms with van der Waals surface area (Å²) < 4.78 is 24.6. The second kappa shape index (κ2) is 8.24. The molecule has 1 saturated heterocycles. The lowest BCUT2D eigenvalue weighted by Crippen LogP contribution is -2.33. The topological polar surface area (TPSA) is 97.0 Å². The molecule has 1 atom stereocenters. The van der Waals surface area contributed by atoms with Crippen molar-refractivity contribution in [1.82, 2.24) is 5.32 Å². The van der Waals surface area contributed by atoms with E-state index < -0.39 is 29.6 Å². The van der Waals surface area contributed by atoms with E-state index in [-0.39, 0.29) is 31.2 Å². The predicted molar refractivity (Wildman–Crippen MR) is 97.0 cm³/mol. The first-order valence-electron chi connectivity index (χ1n) is 8.53. The molecule has 1 aliphatic rings. The van der Waals surface area contributed by atoms with Gasteiger partial charge in [0.05, 0.1) is 24.5 Å². The molecule has 148 valence electrons. The molecule has 8 nitrogen and oxygen atoms in total. The van der Waals surface area contributed by atoms with E-state index in [2.05, 4.69) is 10.6 Å². The molecule has 2 rings (SSSR count). The number of rotatable bonds is 6.